The first kappa shape index (κ1) is 10.9. The summed E-state index contributed by atoms with van der Waals surface area (Å²) in [5.74, 6) is 0.0784. The third-order valence-corrected chi connectivity index (χ3v) is 2.65. The first-order valence-corrected chi connectivity index (χ1v) is 5.25. The number of aliphatic carboxylic acids is 1. The van der Waals surface area contributed by atoms with Gasteiger partial charge in [-0.05, 0) is 17.7 Å². The van der Waals surface area contributed by atoms with Crippen LogP contribution < -0.4 is 0 Å². The van der Waals surface area contributed by atoms with E-state index in [-0.39, 0.29) is 6.42 Å². The predicted octanol–water partition coefficient (Wildman–Crippen LogP) is 2.59. The van der Waals surface area contributed by atoms with E-state index in [2.05, 4.69) is 6.58 Å². The molecule has 1 aromatic rings. The maximum atomic E-state index is 10.4. The standard InChI is InChI=1S/C11H12O2S/c1-2-7-14-10-5-3-9(4-6-10)8-11(12)13/h2-6H,1,7-8H2,(H,12,13). The minimum Gasteiger partial charge on any atom is -0.481 e. The lowest BCUT2D eigenvalue weighted by molar-refractivity contribution is -0.136. The van der Waals surface area contributed by atoms with Gasteiger partial charge in [-0.1, -0.05) is 18.2 Å². The van der Waals surface area contributed by atoms with Gasteiger partial charge in [-0.3, -0.25) is 4.79 Å². The molecule has 0 saturated heterocycles. The summed E-state index contributed by atoms with van der Waals surface area (Å²) in [5, 5.41) is 8.56. The molecule has 2 nitrogen and oxygen atoms in total. The van der Waals surface area contributed by atoms with E-state index in [1.165, 1.54) is 0 Å². The topological polar surface area (TPSA) is 37.3 Å². The van der Waals surface area contributed by atoms with Crippen molar-refractivity contribution in [1.82, 2.24) is 0 Å². The van der Waals surface area contributed by atoms with Crippen LogP contribution in [-0.2, 0) is 11.2 Å². The molecule has 74 valence electrons. The highest BCUT2D eigenvalue weighted by molar-refractivity contribution is 7.99. The Balaban J connectivity index is 2.58. The number of hydrogen-bond donors (Lipinski definition) is 1. The SMILES string of the molecule is C=CCSc1ccc(CC(=O)O)cc1. The highest BCUT2D eigenvalue weighted by Crippen LogP contribution is 2.18. The van der Waals surface area contributed by atoms with E-state index in [0.29, 0.717) is 0 Å². The van der Waals surface area contributed by atoms with Crippen LogP contribution in [0.25, 0.3) is 0 Å². The Labute approximate surface area is 87.6 Å². The molecule has 0 amide bonds. The first-order chi connectivity index (χ1) is 6.72. The molecule has 1 aromatic carbocycles. The van der Waals surface area contributed by atoms with Gasteiger partial charge in [-0.2, -0.15) is 0 Å². The number of hydrogen-bond acceptors (Lipinski definition) is 2. The molecule has 0 radical (unpaired) electrons. The van der Waals surface area contributed by atoms with Gasteiger partial charge in [-0.15, -0.1) is 18.3 Å². The molecule has 0 aliphatic rings. The van der Waals surface area contributed by atoms with Crippen molar-refractivity contribution in [1.29, 1.82) is 0 Å². The van der Waals surface area contributed by atoms with Crippen LogP contribution in [0.2, 0.25) is 0 Å². The smallest absolute Gasteiger partial charge is 0.307 e. The van der Waals surface area contributed by atoms with Crippen LogP contribution in [0.3, 0.4) is 0 Å². The van der Waals surface area contributed by atoms with Crippen molar-refractivity contribution in [3.05, 3.63) is 42.5 Å². The summed E-state index contributed by atoms with van der Waals surface area (Å²) in [6.45, 7) is 3.63. The highest BCUT2D eigenvalue weighted by Gasteiger charge is 1.99. The van der Waals surface area contributed by atoms with Crippen molar-refractivity contribution in [2.45, 2.75) is 11.3 Å². The van der Waals surface area contributed by atoms with Crippen molar-refractivity contribution in [2.24, 2.45) is 0 Å². The minimum atomic E-state index is -0.795. The largest absolute Gasteiger partial charge is 0.481 e. The second-order valence-corrected chi connectivity index (χ2v) is 3.91. The molecule has 1 N–H and O–H groups in total. The zero-order chi connectivity index (χ0) is 10.4. The molecule has 0 saturated carbocycles. The number of carboxylic acids is 1. The molecule has 0 bridgehead atoms. The second-order valence-electron chi connectivity index (χ2n) is 2.81. The van der Waals surface area contributed by atoms with Gasteiger partial charge in [-0.25, -0.2) is 0 Å². The van der Waals surface area contributed by atoms with E-state index in [0.717, 1.165) is 16.2 Å². The number of benzene rings is 1. The number of carboxylic acid groups (broad SMARTS) is 1. The van der Waals surface area contributed by atoms with Crippen LogP contribution in [0, 0.1) is 0 Å². The third kappa shape index (κ3) is 3.66. The molecule has 0 spiro atoms. The fraction of sp³-hybridized carbons (Fsp3) is 0.182. The molecular weight excluding hydrogens is 196 g/mol. The van der Waals surface area contributed by atoms with E-state index in [1.54, 1.807) is 11.8 Å². The highest BCUT2D eigenvalue weighted by atomic mass is 32.2. The van der Waals surface area contributed by atoms with Crippen LogP contribution in [0.5, 0.6) is 0 Å². The molecule has 0 aliphatic heterocycles. The lowest BCUT2D eigenvalue weighted by Crippen LogP contribution is -1.99. The molecule has 0 atom stereocenters. The summed E-state index contributed by atoms with van der Waals surface area (Å²) in [6.07, 6.45) is 1.93. The van der Waals surface area contributed by atoms with Crippen molar-refractivity contribution in [3.8, 4) is 0 Å². The van der Waals surface area contributed by atoms with Gasteiger partial charge in [0.1, 0.15) is 0 Å². The van der Waals surface area contributed by atoms with Crippen LogP contribution in [0.4, 0.5) is 0 Å². The average Bonchev–Trinajstić information content (AvgIpc) is 2.16. The number of carbonyl (C=O) groups is 1. The summed E-state index contributed by atoms with van der Waals surface area (Å²) < 4.78 is 0. The third-order valence-electron chi connectivity index (χ3n) is 1.65. The Morgan fingerprint density at radius 1 is 1.43 bits per heavy atom. The molecule has 0 aliphatic carbocycles. The Morgan fingerprint density at radius 2 is 2.07 bits per heavy atom. The van der Waals surface area contributed by atoms with Gasteiger partial charge < -0.3 is 5.11 Å². The van der Waals surface area contributed by atoms with Gasteiger partial charge in [0.15, 0.2) is 0 Å². The van der Waals surface area contributed by atoms with Crippen molar-refractivity contribution in [2.75, 3.05) is 5.75 Å². The Kier molecular flexibility index (Phi) is 4.26. The molecule has 0 fully saturated rings. The van der Waals surface area contributed by atoms with Crippen molar-refractivity contribution < 1.29 is 9.90 Å². The Hall–Kier alpha value is -1.22. The molecule has 0 unspecified atom stereocenters. The van der Waals surface area contributed by atoms with Crippen molar-refractivity contribution >= 4 is 17.7 Å². The van der Waals surface area contributed by atoms with Gasteiger partial charge in [0.2, 0.25) is 0 Å². The van der Waals surface area contributed by atoms with Crippen molar-refractivity contribution in [3.63, 3.8) is 0 Å². The van der Waals surface area contributed by atoms with E-state index >= 15 is 0 Å². The Morgan fingerprint density at radius 3 is 2.57 bits per heavy atom. The lowest BCUT2D eigenvalue weighted by atomic mass is 10.2. The molecule has 0 aromatic heterocycles. The number of thioether (sulfide) groups is 1. The fourth-order valence-corrected chi connectivity index (χ4v) is 1.67. The average molecular weight is 208 g/mol. The second kappa shape index (κ2) is 5.50. The predicted molar refractivity (Wildman–Crippen MR) is 58.7 cm³/mol. The normalized spacial score (nSPS) is 9.71. The molecule has 0 heterocycles. The zero-order valence-corrected chi connectivity index (χ0v) is 8.59. The molecule has 1 rings (SSSR count). The summed E-state index contributed by atoms with van der Waals surface area (Å²) >= 11 is 1.68. The monoisotopic (exact) mass is 208 g/mol. The summed E-state index contributed by atoms with van der Waals surface area (Å²) in [5.41, 5.74) is 0.834. The van der Waals surface area contributed by atoms with Crippen LogP contribution in [0.1, 0.15) is 5.56 Å². The van der Waals surface area contributed by atoms with E-state index in [1.807, 2.05) is 30.3 Å². The minimum absolute atomic E-state index is 0.0897. The van der Waals surface area contributed by atoms with E-state index in [4.69, 9.17) is 5.11 Å². The maximum Gasteiger partial charge on any atom is 0.307 e. The van der Waals surface area contributed by atoms with Gasteiger partial charge in [0, 0.05) is 10.6 Å². The van der Waals surface area contributed by atoms with E-state index < -0.39 is 5.97 Å². The fourth-order valence-electron chi connectivity index (χ4n) is 1.03. The van der Waals surface area contributed by atoms with Crippen LogP contribution >= 0.6 is 11.8 Å². The first-order valence-electron chi connectivity index (χ1n) is 4.27. The molecule has 14 heavy (non-hydrogen) atoms. The van der Waals surface area contributed by atoms with Gasteiger partial charge >= 0.3 is 5.97 Å². The quantitative estimate of drug-likeness (QED) is 0.597. The van der Waals surface area contributed by atoms with Crippen LogP contribution in [-0.4, -0.2) is 16.8 Å². The lowest BCUT2D eigenvalue weighted by Gasteiger charge is -2.00. The molecule has 3 heteroatoms. The molecular formula is C11H12O2S. The van der Waals surface area contributed by atoms with Gasteiger partial charge in [0.25, 0.3) is 0 Å². The van der Waals surface area contributed by atoms with Crippen LogP contribution in [0.15, 0.2) is 41.8 Å². The van der Waals surface area contributed by atoms with Gasteiger partial charge in [0.05, 0.1) is 6.42 Å². The summed E-state index contributed by atoms with van der Waals surface area (Å²) in [4.78, 5) is 11.5. The summed E-state index contributed by atoms with van der Waals surface area (Å²) in [7, 11) is 0. The maximum absolute atomic E-state index is 10.4. The van der Waals surface area contributed by atoms with E-state index in [9.17, 15) is 4.79 Å². The summed E-state index contributed by atoms with van der Waals surface area (Å²) in [6, 6.07) is 7.57. The Bertz CT molecular complexity index is 317. The zero-order valence-electron chi connectivity index (χ0n) is 7.77. The number of rotatable bonds is 5.